The first-order valence-corrected chi connectivity index (χ1v) is 4.70. The molecule has 15 heavy (non-hydrogen) atoms. The lowest BCUT2D eigenvalue weighted by Crippen LogP contribution is -2.26. The van der Waals surface area contributed by atoms with E-state index in [1.807, 2.05) is 12.1 Å². The van der Waals surface area contributed by atoms with E-state index in [0.717, 1.165) is 11.1 Å². The van der Waals surface area contributed by atoms with Crippen molar-refractivity contribution in [1.82, 2.24) is 0 Å². The fourth-order valence-corrected chi connectivity index (χ4v) is 2.00. The van der Waals surface area contributed by atoms with Crippen LogP contribution >= 0.6 is 0 Å². The molecule has 2 atom stereocenters. The van der Waals surface area contributed by atoms with Crippen LogP contribution in [0.3, 0.4) is 0 Å². The predicted octanol–water partition coefficient (Wildman–Crippen LogP) is 1.44. The summed E-state index contributed by atoms with van der Waals surface area (Å²) in [7, 11) is 4.71. The zero-order valence-electron chi connectivity index (χ0n) is 8.98. The molecule has 0 aromatic heterocycles. The van der Waals surface area contributed by atoms with Gasteiger partial charge in [0.2, 0.25) is 0 Å². The summed E-state index contributed by atoms with van der Waals surface area (Å²) in [5.41, 5.74) is 1.73. The first-order chi connectivity index (χ1) is 7.24. The van der Waals surface area contributed by atoms with Crippen LogP contribution in [0.25, 0.3) is 0 Å². The predicted molar refractivity (Wildman–Crippen MR) is 54.3 cm³/mol. The van der Waals surface area contributed by atoms with Crippen LogP contribution in [-0.2, 0) is 4.74 Å². The lowest BCUT2D eigenvalue weighted by Gasteiger charge is -2.36. The maximum absolute atomic E-state index is 9.83. The van der Waals surface area contributed by atoms with E-state index in [1.165, 1.54) is 0 Å². The smallest absolute Gasteiger partial charge is 0.166 e. The van der Waals surface area contributed by atoms with E-state index < -0.39 is 6.10 Å². The second-order valence-electron chi connectivity index (χ2n) is 3.41. The van der Waals surface area contributed by atoms with Crippen molar-refractivity contribution in [3.05, 3.63) is 23.3 Å². The van der Waals surface area contributed by atoms with E-state index in [1.54, 1.807) is 21.3 Å². The SMILES string of the molecule is COc1ccc2c(c1OC)[C@@H](O)[C@@H]2OC. The Morgan fingerprint density at radius 1 is 1.13 bits per heavy atom. The van der Waals surface area contributed by atoms with Gasteiger partial charge in [0, 0.05) is 12.7 Å². The maximum atomic E-state index is 9.83. The van der Waals surface area contributed by atoms with Crippen LogP contribution in [0, 0.1) is 0 Å². The highest BCUT2D eigenvalue weighted by molar-refractivity contribution is 5.57. The Bertz CT molecular complexity index is 375. The number of benzene rings is 1. The molecule has 0 amide bonds. The number of hydrogen-bond donors (Lipinski definition) is 1. The highest BCUT2D eigenvalue weighted by Crippen LogP contribution is 2.52. The fourth-order valence-electron chi connectivity index (χ4n) is 2.00. The number of hydrogen-bond acceptors (Lipinski definition) is 4. The molecule has 1 aromatic carbocycles. The zero-order chi connectivity index (χ0) is 11.0. The summed E-state index contributed by atoms with van der Waals surface area (Å²) in [6.07, 6.45) is -0.880. The van der Waals surface area contributed by atoms with Gasteiger partial charge in [-0.15, -0.1) is 0 Å². The van der Waals surface area contributed by atoms with Crippen LogP contribution in [0.1, 0.15) is 23.3 Å². The molecule has 2 rings (SSSR count). The number of aliphatic hydroxyl groups is 1. The summed E-state index contributed by atoms with van der Waals surface area (Å²) >= 11 is 0. The molecule has 0 radical (unpaired) electrons. The molecule has 0 saturated carbocycles. The van der Waals surface area contributed by atoms with Crippen LogP contribution in [0.5, 0.6) is 11.5 Å². The number of rotatable bonds is 3. The third-order valence-electron chi connectivity index (χ3n) is 2.76. The van der Waals surface area contributed by atoms with Gasteiger partial charge in [0.1, 0.15) is 12.2 Å². The summed E-state index contributed by atoms with van der Waals surface area (Å²) in [5.74, 6) is 1.22. The summed E-state index contributed by atoms with van der Waals surface area (Å²) in [6, 6.07) is 3.70. The van der Waals surface area contributed by atoms with Gasteiger partial charge in [-0.1, -0.05) is 6.07 Å². The summed E-state index contributed by atoms with van der Waals surface area (Å²) in [4.78, 5) is 0. The Kier molecular flexibility index (Phi) is 2.54. The van der Waals surface area contributed by atoms with Gasteiger partial charge in [-0.25, -0.2) is 0 Å². The Balaban J connectivity index is 2.49. The molecular formula is C11H14O4. The second-order valence-corrected chi connectivity index (χ2v) is 3.41. The zero-order valence-corrected chi connectivity index (χ0v) is 8.98. The van der Waals surface area contributed by atoms with Crippen LogP contribution < -0.4 is 9.47 Å². The van der Waals surface area contributed by atoms with E-state index in [9.17, 15) is 5.11 Å². The normalized spacial score (nSPS) is 22.9. The molecule has 0 spiro atoms. The van der Waals surface area contributed by atoms with Crippen molar-refractivity contribution in [2.75, 3.05) is 21.3 Å². The number of fused-ring (bicyclic) bond motifs is 1. The fraction of sp³-hybridized carbons (Fsp3) is 0.455. The quantitative estimate of drug-likeness (QED) is 0.820. The van der Waals surface area contributed by atoms with Gasteiger partial charge < -0.3 is 19.3 Å². The van der Waals surface area contributed by atoms with Crippen molar-refractivity contribution < 1.29 is 19.3 Å². The minimum Gasteiger partial charge on any atom is -0.493 e. The highest BCUT2D eigenvalue weighted by atomic mass is 16.5. The topological polar surface area (TPSA) is 47.9 Å². The van der Waals surface area contributed by atoms with Gasteiger partial charge in [-0.2, -0.15) is 0 Å². The third kappa shape index (κ3) is 1.29. The van der Waals surface area contributed by atoms with Crippen molar-refractivity contribution in [2.45, 2.75) is 12.2 Å². The molecule has 1 N–H and O–H groups in total. The summed E-state index contributed by atoms with van der Waals surface area (Å²) in [6.45, 7) is 0. The summed E-state index contributed by atoms with van der Waals surface area (Å²) in [5, 5.41) is 9.83. The Morgan fingerprint density at radius 3 is 2.40 bits per heavy atom. The van der Waals surface area contributed by atoms with Crippen molar-refractivity contribution >= 4 is 0 Å². The largest absolute Gasteiger partial charge is 0.493 e. The Hall–Kier alpha value is -1.26. The molecule has 0 unspecified atom stereocenters. The number of ether oxygens (including phenoxy) is 3. The van der Waals surface area contributed by atoms with Gasteiger partial charge >= 0.3 is 0 Å². The van der Waals surface area contributed by atoms with Gasteiger partial charge in [0.15, 0.2) is 11.5 Å². The van der Waals surface area contributed by atoms with Gasteiger partial charge in [-0.05, 0) is 11.6 Å². The Labute approximate surface area is 88.4 Å². The highest BCUT2D eigenvalue weighted by Gasteiger charge is 2.40. The van der Waals surface area contributed by atoms with E-state index in [2.05, 4.69) is 0 Å². The third-order valence-corrected chi connectivity index (χ3v) is 2.76. The van der Waals surface area contributed by atoms with Crippen LogP contribution in [0.4, 0.5) is 0 Å². The standard InChI is InChI=1S/C11H14O4/c1-13-7-5-4-6-8(11(7)15-3)9(12)10(6)14-2/h4-5,9-10,12H,1-3H3/t9-,10-/m1/s1. The molecule has 0 bridgehead atoms. The van der Waals surface area contributed by atoms with Gasteiger partial charge in [0.05, 0.1) is 14.2 Å². The molecule has 1 aromatic rings. The van der Waals surface area contributed by atoms with E-state index in [4.69, 9.17) is 14.2 Å². The summed E-state index contributed by atoms with van der Waals surface area (Å²) < 4.78 is 15.5. The molecule has 82 valence electrons. The molecule has 4 nitrogen and oxygen atoms in total. The van der Waals surface area contributed by atoms with Gasteiger partial charge in [-0.3, -0.25) is 0 Å². The van der Waals surface area contributed by atoms with Crippen LogP contribution in [0.15, 0.2) is 12.1 Å². The average molecular weight is 210 g/mol. The molecule has 1 aliphatic carbocycles. The van der Waals surface area contributed by atoms with Crippen molar-refractivity contribution in [2.24, 2.45) is 0 Å². The minimum absolute atomic E-state index is 0.250. The van der Waals surface area contributed by atoms with Crippen LogP contribution in [-0.4, -0.2) is 26.4 Å². The first kappa shape index (κ1) is 10.3. The van der Waals surface area contributed by atoms with Crippen molar-refractivity contribution in [1.29, 1.82) is 0 Å². The lowest BCUT2D eigenvalue weighted by molar-refractivity contribution is -0.0438. The number of aliphatic hydroxyl groups excluding tert-OH is 1. The lowest BCUT2D eigenvalue weighted by atomic mass is 9.81. The van der Waals surface area contributed by atoms with E-state index in [0.29, 0.717) is 11.5 Å². The monoisotopic (exact) mass is 210 g/mol. The average Bonchev–Trinajstić information content (AvgIpc) is 2.27. The van der Waals surface area contributed by atoms with Crippen LogP contribution in [0.2, 0.25) is 0 Å². The second kappa shape index (κ2) is 3.72. The van der Waals surface area contributed by atoms with Crippen molar-refractivity contribution in [3.63, 3.8) is 0 Å². The first-order valence-electron chi connectivity index (χ1n) is 4.70. The molecule has 1 aliphatic rings. The molecule has 0 aliphatic heterocycles. The molecule has 0 heterocycles. The maximum Gasteiger partial charge on any atom is 0.166 e. The van der Waals surface area contributed by atoms with Gasteiger partial charge in [0.25, 0.3) is 0 Å². The molecular weight excluding hydrogens is 196 g/mol. The van der Waals surface area contributed by atoms with E-state index >= 15 is 0 Å². The number of methoxy groups -OCH3 is 3. The minimum atomic E-state index is -0.630. The Morgan fingerprint density at radius 2 is 1.87 bits per heavy atom. The molecule has 4 heteroatoms. The van der Waals surface area contributed by atoms with Crippen molar-refractivity contribution in [3.8, 4) is 11.5 Å². The molecule has 0 fully saturated rings. The van der Waals surface area contributed by atoms with E-state index in [-0.39, 0.29) is 6.10 Å². The molecule has 0 saturated heterocycles.